The zero-order chi connectivity index (χ0) is 10.7. The molecule has 0 amide bonds. The SMILES string of the molecule is O=C(F)c1ccc(-c2ccccc2)cc1. The first kappa shape index (κ1) is 9.59. The molecule has 0 unspecified atom stereocenters. The van der Waals surface area contributed by atoms with E-state index in [0.717, 1.165) is 11.1 Å². The first-order valence-electron chi connectivity index (χ1n) is 4.63. The van der Waals surface area contributed by atoms with Gasteiger partial charge in [0.15, 0.2) is 0 Å². The van der Waals surface area contributed by atoms with Gasteiger partial charge in [0.1, 0.15) is 0 Å². The highest BCUT2D eigenvalue weighted by Crippen LogP contribution is 2.19. The normalized spacial score (nSPS) is 9.93. The summed E-state index contributed by atoms with van der Waals surface area (Å²) in [5.74, 6) is 0. The Labute approximate surface area is 87.2 Å². The molecule has 0 atom stereocenters. The molecule has 0 saturated carbocycles. The molecule has 0 aromatic heterocycles. The van der Waals surface area contributed by atoms with Crippen LogP contribution >= 0.6 is 0 Å². The van der Waals surface area contributed by atoms with Gasteiger partial charge in [-0.15, -0.1) is 0 Å². The summed E-state index contributed by atoms with van der Waals surface area (Å²) in [6.45, 7) is 0. The third-order valence-electron chi connectivity index (χ3n) is 2.22. The van der Waals surface area contributed by atoms with E-state index in [1.807, 2.05) is 30.3 Å². The van der Waals surface area contributed by atoms with Gasteiger partial charge in [-0.25, -0.2) is 0 Å². The molecule has 0 spiro atoms. The summed E-state index contributed by atoms with van der Waals surface area (Å²) in [7, 11) is 0. The van der Waals surface area contributed by atoms with Crippen molar-refractivity contribution >= 4 is 6.04 Å². The molecule has 0 saturated heterocycles. The monoisotopic (exact) mass is 200 g/mol. The summed E-state index contributed by atoms with van der Waals surface area (Å²) in [5.41, 5.74) is 2.12. The lowest BCUT2D eigenvalue weighted by Gasteiger charge is -2.00. The molecule has 15 heavy (non-hydrogen) atoms. The molecule has 2 heteroatoms. The second kappa shape index (κ2) is 4.05. The lowest BCUT2D eigenvalue weighted by molar-refractivity contribution is 0.0836. The van der Waals surface area contributed by atoms with Crippen LogP contribution in [0.25, 0.3) is 11.1 Å². The number of hydrogen-bond acceptors (Lipinski definition) is 1. The fourth-order valence-corrected chi connectivity index (χ4v) is 1.42. The van der Waals surface area contributed by atoms with E-state index in [1.165, 1.54) is 12.1 Å². The Balaban J connectivity index is 2.36. The van der Waals surface area contributed by atoms with Crippen molar-refractivity contribution in [3.8, 4) is 11.1 Å². The van der Waals surface area contributed by atoms with Crippen molar-refractivity contribution < 1.29 is 9.18 Å². The standard InChI is InChI=1S/C13H9FO/c14-13(15)12-8-6-11(7-9-12)10-4-2-1-3-5-10/h1-9H. The van der Waals surface area contributed by atoms with E-state index in [0.29, 0.717) is 0 Å². The molecular weight excluding hydrogens is 191 g/mol. The topological polar surface area (TPSA) is 17.1 Å². The first-order valence-corrected chi connectivity index (χ1v) is 4.63. The molecule has 0 N–H and O–H groups in total. The molecule has 74 valence electrons. The summed E-state index contributed by atoms with van der Waals surface area (Å²) in [6, 6.07) is 14.8. The average Bonchev–Trinajstić information content (AvgIpc) is 2.30. The van der Waals surface area contributed by atoms with E-state index < -0.39 is 6.04 Å². The van der Waals surface area contributed by atoms with Gasteiger partial charge in [-0.1, -0.05) is 42.5 Å². The van der Waals surface area contributed by atoms with Crippen LogP contribution in [0.3, 0.4) is 0 Å². The van der Waals surface area contributed by atoms with Crippen LogP contribution in [0.2, 0.25) is 0 Å². The molecule has 0 bridgehead atoms. The largest absolute Gasteiger partial charge is 0.332 e. The second-order valence-electron chi connectivity index (χ2n) is 3.22. The van der Waals surface area contributed by atoms with Crippen LogP contribution in [0.5, 0.6) is 0 Å². The van der Waals surface area contributed by atoms with Crippen LogP contribution in [-0.4, -0.2) is 6.04 Å². The molecule has 2 aromatic carbocycles. The van der Waals surface area contributed by atoms with Gasteiger partial charge in [0.05, 0.1) is 5.56 Å². The zero-order valence-corrected chi connectivity index (χ0v) is 7.98. The van der Waals surface area contributed by atoms with E-state index in [4.69, 9.17) is 0 Å². The van der Waals surface area contributed by atoms with Crippen molar-refractivity contribution in [2.45, 2.75) is 0 Å². The maximum atomic E-state index is 12.3. The van der Waals surface area contributed by atoms with Gasteiger partial charge in [-0.3, -0.25) is 4.79 Å². The molecule has 0 fully saturated rings. The van der Waals surface area contributed by atoms with Gasteiger partial charge < -0.3 is 0 Å². The molecule has 2 rings (SSSR count). The predicted octanol–water partition coefficient (Wildman–Crippen LogP) is 3.46. The van der Waals surface area contributed by atoms with Crippen LogP contribution < -0.4 is 0 Å². The number of carbonyl (C=O) groups excluding carboxylic acids is 1. The van der Waals surface area contributed by atoms with E-state index in [2.05, 4.69) is 0 Å². The second-order valence-corrected chi connectivity index (χ2v) is 3.22. The third-order valence-corrected chi connectivity index (χ3v) is 2.22. The summed E-state index contributed by atoms with van der Waals surface area (Å²) in [4.78, 5) is 10.4. The molecular formula is C13H9FO. The van der Waals surface area contributed by atoms with E-state index in [1.54, 1.807) is 12.1 Å². The molecule has 2 aromatic rings. The lowest BCUT2D eigenvalue weighted by atomic mass is 10.0. The smallest absolute Gasteiger partial charge is 0.255 e. The maximum absolute atomic E-state index is 12.3. The first-order chi connectivity index (χ1) is 7.27. The Morgan fingerprint density at radius 2 is 1.33 bits per heavy atom. The highest BCUT2D eigenvalue weighted by atomic mass is 19.1. The van der Waals surface area contributed by atoms with Crippen molar-refractivity contribution in [3.05, 3.63) is 60.2 Å². The minimum absolute atomic E-state index is 0.0923. The molecule has 1 nitrogen and oxygen atoms in total. The van der Waals surface area contributed by atoms with Crippen molar-refractivity contribution in [2.75, 3.05) is 0 Å². The van der Waals surface area contributed by atoms with Crippen molar-refractivity contribution in [1.82, 2.24) is 0 Å². The molecule has 0 heterocycles. The Hall–Kier alpha value is -1.96. The van der Waals surface area contributed by atoms with Crippen molar-refractivity contribution in [3.63, 3.8) is 0 Å². The van der Waals surface area contributed by atoms with Gasteiger partial charge in [0, 0.05) is 0 Å². The summed E-state index contributed by atoms with van der Waals surface area (Å²) < 4.78 is 12.3. The number of rotatable bonds is 2. The Kier molecular flexibility index (Phi) is 2.59. The van der Waals surface area contributed by atoms with Crippen molar-refractivity contribution in [2.24, 2.45) is 0 Å². The molecule has 0 aliphatic heterocycles. The van der Waals surface area contributed by atoms with E-state index >= 15 is 0 Å². The van der Waals surface area contributed by atoms with Crippen LogP contribution in [0.15, 0.2) is 54.6 Å². The third kappa shape index (κ3) is 2.10. The Bertz CT molecular complexity index is 460. The fraction of sp³-hybridized carbons (Fsp3) is 0. The van der Waals surface area contributed by atoms with Crippen LogP contribution in [-0.2, 0) is 0 Å². The van der Waals surface area contributed by atoms with E-state index in [-0.39, 0.29) is 5.56 Å². The highest BCUT2D eigenvalue weighted by Gasteiger charge is 2.03. The maximum Gasteiger partial charge on any atom is 0.332 e. The molecule has 0 radical (unpaired) electrons. The summed E-state index contributed by atoms with van der Waals surface area (Å²) >= 11 is 0. The number of hydrogen-bond donors (Lipinski definition) is 0. The van der Waals surface area contributed by atoms with Gasteiger partial charge in [0.2, 0.25) is 0 Å². The molecule has 0 aliphatic carbocycles. The summed E-state index contributed by atoms with van der Waals surface area (Å²) in [5, 5.41) is 0. The van der Waals surface area contributed by atoms with Crippen LogP contribution in [0.4, 0.5) is 4.39 Å². The Morgan fingerprint density at radius 3 is 1.87 bits per heavy atom. The fourth-order valence-electron chi connectivity index (χ4n) is 1.42. The predicted molar refractivity (Wildman–Crippen MR) is 57.3 cm³/mol. The number of halogens is 1. The Morgan fingerprint density at radius 1 is 0.800 bits per heavy atom. The number of carbonyl (C=O) groups is 1. The molecule has 0 aliphatic rings. The van der Waals surface area contributed by atoms with Gasteiger partial charge in [-0.2, -0.15) is 4.39 Å². The van der Waals surface area contributed by atoms with Crippen molar-refractivity contribution in [1.29, 1.82) is 0 Å². The van der Waals surface area contributed by atoms with Gasteiger partial charge in [-0.05, 0) is 23.3 Å². The zero-order valence-electron chi connectivity index (χ0n) is 7.98. The average molecular weight is 200 g/mol. The van der Waals surface area contributed by atoms with Gasteiger partial charge in [0.25, 0.3) is 0 Å². The lowest BCUT2D eigenvalue weighted by Crippen LogP contribution is -1.88. The minimum atomic E-state index is -1.39. The minimum Gasteiger partial charge on any atom is -0.255 e. The van der Waals surface area contributed by atoms with Gasteiger partial charge >= 0.3 is 6.04 Å². The van der Waals surface area contributed by atoms with Crippen LogP contribution in [0.1, 0.15) is 10.4 Å². The number of benzene rings is 2. The quantitative estimate of drug-likeness (QED) is 0.678. The highest BCUT2D eigenvalue weighted by molar-refractivity contribution is 5.89. The summed E-state index contributed by atoms with van der Waals surface area (Å²) in [6.07, 6.45) is 0. The van der Waals surface area contributed by atoms with Crippen LogP contribution in [0, 0.1) is 0 Å². The van der Waals surface area contributed by atoms with E-state index in [9.17, 15) is 9.18 Å².